The molecule has 37 heavy (non-hydrogen) atoms. The molecule has 4 aromatic rings. The zero-order valence-corrected chi connectivity index (χ0v) is 21.4. The third-order valence-electron chi connectivity index (χ3n) is 6.25. The molecule has 0 saturated heterocycles. The van der Waals surface area contributed by atoms with Crippen molar-refractivity contribution >= 4 is 23.1 Å². The number of benzene rings is 3. The van der Waals surface area contributed by atoms with Crippen LogP contribution in [-0.4, -0.2) is 52.4 Å². The van der Waals surface area contributed by atoms with E-state index in [1.54, 1.807) is 18.0 Å². The molecule has 1 aromatic heterocycles. The fourth-order valence-corrected chi connectivity index (χ4v) is 5.61. The van der Waals surface area contributed by atoms with Crippen LogP contribution in [0, 0.1) is 0 Å². The molecule has 0 unspecified atom stereocenters. The van der Waals surface area contributed by atoms with E-state index < -0.39 is 6.10 Å². The van der Waals surface area contributed by atoms with Crippen LogP contribution in [0.2, 0.25) is 0 Å². The Morgan fingerprint density at radius 3 is 2.19 bits per heavy atom. The number of aromatic nitrogens is 1. The van der Waals surface area contributed by atoms with Gasteiger partial charge in [-0.1, -0.05) is 54.2 Å². The first-order valence-electron chi connectivity index (χ1n) is 12.5. The summed E-state index contributed by atoms with van der Waals surface area (Å²) in [6.07, 6.45) is 1.16. The van der Waals surface area contributed by atoms with E-state index in [4.69, 9.17) is 4.74 Å². The van der Waals surface area contributed by atoms with Gasteiger partial charge in [-0.3, -0.25) is 9.88 Å². The van der Waals surface area contributed by atoms with Crippen molar-refractivity contribution in [1.29, 1.82) is 0 Å². The molecule has 7 heteroatoms. The molecule has 0 amide bonds. The quantitative estimate of drug-likeness (QED) is 0.289. The van der Waals surface area contributed by atoms with Crippen molar-refractivity contribution in [3.05, 3.63) is 108 Å². The Hall–Kier alpha value is -3.36. The summed E-state index contributed by atoms with van der Waals surface area (Å²) in [6.45, 7) is 2.48. The molecule has 1 aliphatic rings. The SMILES string of the molecule is OCCN(Cc1ccc(OCc2ccccn2)cc1)C[C@@H](O)CN1c2ccccc2Sc2ccccc21. The summed E-state index contributed by atoms with van der Waals surface area (Å²) in [6, 6.07) is 30.3. The molecule has 3 aromatic carbocycles. The summed E-state index contributed by atoms with van der Waals surface area (Å²) in [4.78, 5) is 10.9. The smallest absolute Gasteiger partial charge is 0.130 e. The fraction of sp³-hybridized carbons (Fsp3) is 0.233. The van der Waals surface area contributed by atoms with Crippen LogP contribution in [0.1, 0.15) is 11.3 Å². The summed E-state index contributed by atoms with van der Waals surface area (Å²) >= 11 is 1.76. The van der Waals surface area contributed by atoms with Gasteiger partial charge >= 0.3 is 0 Å². The third kappa shape index (κ3) is 6.50. The van der Waals surface area contributed by atoms with Gasteiger partial charge < -0.3 is 19.8 Å². The standard InChI is InChI=1S/C30H31N3O3S/c34-18-17-32(19-23-12-14-26(15-13-23)36-22-24-7-5-6-16-31-24)20-25(35)21-33-27-8-1-3-10-29(27)37-30-11-4-2-9-28(30)33/h1-16,25,34-35H,17-22H2/t25-/m1/s1. The third-order valence-corrected chi connectivity index (χ3v) is 7.38. The molecule has 5 rings (SSSR count). The van der Waals surface area contributed by atoms with Crippen LogP contribution in [-0.2, 0) is 13.2 Å². The number of aliphatic hydroxyl groups excluding tert-OH is 2. The highest BCUT2D eigenvalue weighted by molar-refractivity contribution is 7.99. The Morgan fingerprint density at radius 2 is 1.54 bits per heavy atom. The molecule has 190 valence electrons. The van der Waals surface area contributed by atoms with E-state index in [1.165, 1.54) is 9.79 Å². The number of nitrogens with zero attached hydrogens (tertiary/aromatic N) is 3. The van der Waals surface area contributed by atoms with Crippen molar-refractivity contribution in [1.82, 2.24) is 9.88 Å². The average molecular weight is 514 g/mol. The number of ether oxygens (including phenoxy) is 1. The van der Waals surface area contributed by atoms with E-state index in [9.17, 15) is 10.2 Å². The van der Waals surface area contributed by atoms with Gasteiger partial charge in [0.2, 0.25) is 0 Å². The second-order valence-corrected chi connectivity index (χ2v) is 10.1. The van der Waals surface area contributed by atoms with Gasteiger partial charge in [0, 0.05) is 35.6 Å². The number of hydrogen-bond donors (Lipinski definition) is 2. The van der Waals surface area contributed by atoms with Crippen molar-refractivity contribution in [3.63, 3.8) is 0 Å². The molecule has 0 spiro atoms. The van der Waals surface area contributed by atoms with Crippen molar-refractivity contribution in [3.8, 4) is 5.75 Å². The second kappa shape index (κ2) is 12.3. The van der Waals surface area contributed by atoms with E-state index >= 15 is 0 Å². The van der Waals surface area contributed by atoms with Gasteiger partial charge in [0.1, 0.15) is 12.4 Å². The van der Waals surface area contributed by atoms with Crippen LogP contribution in [0.5, 0.6) is 5.75 Å². The fourth-order valence-electron chi connectivity index (χ4n) is 4.51. The molecule has 1 aliphatic heterocycles. The molecule has 2 heterocycles. The molecule has 6 nitrogen and oxygen atoms in total. The largest absolute Gasteiger partial charge is 0.487 e. The monoisotopic (exact) mass is 513 g/mol. The van der Waals surface area contributed by atoms with Gasteiger partial charge in [0.25, 0.3) is 0 Å². The first-order chi connectivity index (χ1) is 18.2. The minimum Gasteiger partial charge on any atom is -0.487 e. The number of fused-ring (bicyclic) bond motifs is 2. The van der Waals surface area contributed by atoms with E-state index in [0.29, 0.717) is 32.8 Å². The highest BCUT2D eigenvalue weighted by atomic mass is 32.2. The average Bonchev–Trinajstić information content (AvgIpc) is 2.93. The Labute approximate surface area is 222 Å². The summed E-state index contributed by atoms with van der Waals surface area (Å²) in [5.41, 5.74) is 4.20. The van der Waals surface area contributed by atoms with E-state index in [0.717, 1.165) is 28.4 Å². The topological polar surface area (TPSA) is 69.1 Å². The van der Waals surface area contributed by atoms with Crippen molar-refractivity contribution in [2.75, 3.05) is 31.1 Å². The van der Waals surface area contributed by atoms with Crippen molar-refractivity contribution < 1.29 is 14.9 Å². The minimum absolute atomic E-state index is 0.0318. The van der Waals surface area contributed by atoms with E-state index in [2.05, 4.69) is 39.0 Å². The number of anilines is 2. The summed E-state index contributed by atoms with van der Waals surface area (Å²) in [5.74, 6) is 0.781. The molecule has 0 saturated carbocycles. The first kappa shape index (κ1) is 25.3. The zero-order chi connectivity index (χ0) is 25.5. The second-order valence-electron chi connectivity index (χ2n) is 9.01. The number of β-amino-alcohol motifs (C(OH)–C–C–N with tert-alkyl or cyclic N) is 1. The lowest BCUT2D eigenvalue weighted by atomic mass is 10.1. The van der Waals surface area contributed by atoms with E-state index in [1.807, 2.05) is 66.7 Å². The first-order valence-corrected chi connectivity index (χ1v) is 13.3. The lowest BCUT2D eigenvalue weighted by molar-refractivity contribution is 0.100. The number of hydrogen-bond acceptors (Lipinski definition) is 7. The zero-order valence-electron chi connectivity index (χ0n) is 20.6. The van der Waals surface area contributed by atoms with Crippen molar-refractivity contribution in [2.24, 2.45) is 0 Å². The Balaban J connectivity index is 1.22. The Bertz CT molecular complexity index is 1240. The summed E-state index contributed by atoms with van der Waals surface area (Å²) < 4.78 is 5.84. The predicted octanol–water partition coefficient (Wildman–Crippen LogP) is 5.12. The molecule has 0 radical (unpaired) electrons. The predicted molar refractivity (Wildman–Crippen MR) is 147 cm³/mol. The van der Waals surface area contributed by atoms with Gasteiger partial charge in [0.15, 0.2) is 0 Å². The molecule has 0 fully saturated rings. The number of aliphatic hydroxyl groups is 2. The summed E-state index contributed by atoms with van der Waals surface area (Å²) in [7, 11) is 0. The number of pyridine rings is 1. The Kier molecular flexibility index (Phi) is 8.38. The van der Waals surface area contributed by atoms with Gasteiger partial charge in [-0.15, -0.1) is 0 Å². The normalized spacial score (nSPS) is 13.2. The van der Waals surface area contributed by atoms with E-state index in [-0.39, 0.29) is 6.61 Å². The minimum atomic E-state index is -0.600. The maximum Gasteiger partial charge on any atom is 0.130 e. The number of rotatable bonds is 11. The van der Waals surface area contributed by atoms with Crippen LogP contribution < -0.4 is 9.64 Å². The van der Waals surface area contributed by atoms with Crippen LogP contribution in [0.4, 0.5) is 11.4 Å². The highest BCUT2D eigenvalue weighted by Gasteiger charge is 2.25. The van der Waals surface area contributed by atoms with Crippen LogP contribution >= 0.6 is 11.8 Å². The lowest BCUT2D eigenvalue weighted by Gasteiger charge is -2.35. The van der Waals surface area contributed by atoms with Gasteiger partial charge in [-0.25, -0.2) is 0 Å². The van der Waals surface area contributed by atoms with Crippen molar-refractivity contribution in [2.45, 2.75) is 29.0 Å². The number of para-hydroxylation sites is 2. The van der Waals surface area contributed by atoms with Gasteiger partial charge in [-0.2, -0.15) is 0 Å². The van der Waals surface area contributed by atoms with Gasteiger partial charge in [0.05, 0.1) is 36.3 Å². The molecule has 1 atom stereocenters. The van der Waals surface area contributed by atoms with Crippen LogP contribution in [0.25, 0.3) is 0 Å². The van der Waals surface area contributed by atoms with Crippen LogP contribution in [0.3, 0.4) is 0 Å². The molecule has 0 aliphatic carbocycles. The summed E-state index contributed by atoms with van der Waals surface area (Å²) in [5, 5.41) is 20.8. The maximum atomic E-state index is 11.2. The molecule has 0 bridgehead atoms. The molecular formula is C30H31N3O3S. The molecule has 2 N–H and O–H groups in total. The Morgan fingerprint density at radius 1 is 0.865 bits per heavy atom. The highest BCUT2D eigenvalue weighted by Crippen LogP contribution is 2.47. The maximum absolute atomic E-state index is 11.2. The van der Waals surface area contributed by atoms with Crippen LogP contribution in [0.15, 0.2) is 107 Å². The lowest BCUT2D eigenvalue weighted by Crippen LogP contribution is -2.40. The van der Waals surface area contributed by atoms with Gasteiger partial charge in [-0.05, 0) is 54.1 Å². The molecular weight excluding hydrogens is 482 g/mol.